The number of carbonyl (C=O) groups is 1. The summed E-state index contributed by atoms with van der Waals surface area (Å²) < 4.78 is 32.1. The van der Waals surface area contributed by atoms with Gasteiger partial charge in [-0.1, -0.05) is 13.8 Å². The standard InChI is InChI=1S/C11H18F2O3/c1-4-16-8(14)11(12,13)10(15)7-5-6-9(10,2)3/h15H,4-7H2,1-3H3. The highest BCUT2D eigenvalue weighted by atomic mass is 19.3. The maximum absolute atomic E-state index is 13.9. The molecule has 16 heavy (non-hydrogen) atoms. The van der Waals surface area contributed by atoms with Crippen LogP contribution in [0.3, 0.4) is 0 Å². The van der Waals surface area contributed by atoms with E-state index >= 15 is 0 Å². The predicted molar refractivity (Wildman–Crippen MR) is 54.2 cm³/mol. The third kappa shape index (κ3) is 1.71. The minimum atomic E-state index is -3.84. The van der Waals surface area contributed by atoms with Gasteiger partial charge >= 0.3 is 11.9 Å². The summed E-state index contributed by atoms with van der Waals surface area (Å²) in [5.41, 5.74) is -3.28. The summed E-state index contributed by atoms with van der Waals surface area (Å²) in [6, 6.07) is 0. The fourth-order valence-electron chi connectivity index (χ4n) is 2.30. The number of halogens is 2. The molecule has 0 aromatic heterocycles. The van der Waals surface area contributed by atoms with Crippen LogP contribution in [0.25, 0.3) is 0 Å². The number of ether oxygens (including phenoxy) is 1. The van der Waals surface area contributed by atoms with Gasteiger partial charge in [-0.05, 0) is 26.2 Å². The Morgan fingerprint density at radius 1 is 1.44 bits per heavy atom. The molecule has 1 aliphatic rings. The Bertz CT molecular complexity index is 289. The topological polar surface area (TPSA) is 46.5 Å². The fourth-order valence-corrected chi connectivity index (χ4v) is 2.30. The van der Waals surface area contributed by atoms with Gasteiger partial charge in [-0.25, -0.2) is 4.79 Å². The van der Waals surface area contributed by atoms with Gasteiger partial charge in [-0.15, -0.1) is 0 Å². The first-order valence-corrected chi connectivity index (χ1v) is 5.46. The summed E-state index contributed by atoms with van der Waals surface area (Å²) in [6.07, 6.45) is 0.878. The highest BCUT2D eigenvalue weighted by Gasteiger charge is 2.67. The van der Waals surface area contributed by atoms with Gasteiger partial charge in [0.2, 0.25) is 0 Å². The van der Waals surface area contributed by atoms with Crippen molar-refractivity contribution in [3.8, 4) is 0 Å². The van der Waals surface area contributed by atoms with Gasteiger partial charge in [0.25, 0.3) is 0 Å². The molecule has 0 bridgehead atoms. The fraction of sp³-hybridized carbons (Fsp3) is 0.909. The Kier molecular flexibility index (Phi) is 3.29. The third-order valence-electron chi connectivity index (χ3n) is 3.51. The summed E-state index contributed by atoms with van der Waals surface area (Å²) in [5.74, 6) is -5.48. The van der Waals surface area contributed by atoms with Gasteiger partial charge in [-0.2, -0.15) is 8.78 Å². The first-order chi connectivity index (χ1) is 7.19. The number of esters is 1. The van der Waals surface area contributed by atoms with E-state index in [1.54, 1.807) is 13.8 Å². The van der Waals surface area contributed by atoms with Crippen LogP contribution < -0.4 is 0 Å². The quantitative estimate of drug-likeness (QED) is 0.763. The van der Waals surface area contributed by atoms with E-state index < -0.39 is 22.9 Å². The van der Waals surface area contributed by atoms with Crippen molar-refractivity contribution in [2.45, 2.75) is 51.6 Å². The highest BCUT2D eigenvalue weighted by Crippen LogP contribution is 2.53. The molecule has 5 heteroatoms. The monoisotopic (exact) mass is 236 g/mol. The summed E-state index contributed by atoms with van der Waals surface area (Å²) in [4.78, 5) is 11.2. The normalized spacial score (nSPS) is 29.1. The van der Waals surface area contributed by atoms with Crippen molar-refractivity contribution in [2.24, 2.45) is 5.41 Å². The summed E-state index contributed by atoms with van der Waals surface area (Å²) in [5, 5.41) is 10.1. The minimum absolute atomic E-state index is 0.0776. The van der Waals surface area contributed by atoms with E-state index in [0.717, 1.165) is 0 Å². The van der Waals surface area contributed by atoms with Gasteiger partial charge < -0.3 is 9.84 Å². The predicted octanol–water partition coefficient (Wildman–Crippen LogP) is 2.13. The first kappa shape index (κ1) is 13.4. The zero-order valence-corrected chi connectivity index (χ0v) is 9.85. The molecule has 1 unspecified atom stereocenters. The molecule has 0 aliphatic heterocycles. The van der Waals surface area contributed by atoms with Gasteiger partial charge in [0.15, 0.2) is 0 Å². The molecular formula is C11H18F2O3. The molecule has 0 radical (unpaired) electrons. The molecule has 0 saturated heterocycles. The molecule has 3 nitrogen and oxygen atoms in total. The van der Waals surface area contributed by atoms with Gasteiger partial charge in [0.05, 0.1) is 6.61 Å². The zero-order valence-electron chi connectivity index (χ0n) is 9.85. The number of hydrogen-bond donors (Lipinski definition) is 1. The average molecular weight is 236 g/mol. The van der Waals surface area contributed by atoms with E-state index in [0.29, 0.717) is 12.8 Å². The third-order valence-corrected chi connectivity index (χ3v) is 3.51. The first-order valence-electron chi connectivity index (χ1n) is 5.46. The second kappa shape index (κ2) is 3.95. The van der Waals surface area contributed by atoms with E-state index in [4.69, 9.17) is 0 Å². The minimum Gasteiger partial charge on any atom is -0.461 e. The van der Waals surface area contributed by atoms with Gasteiger partial charge in [-0.3, -0.25) is 0 Å². The summed E-state index contributed by atoms with van der Waals surface area (Å²) in [7, 11) is 0. The lowest BCUT2D eigenvalue weighted by Gasteiger charge is -2.40. The second-order valence-electron chi connectivity index (χ2n) is 4.89. The molecule has 0 spiro atoms. The largest absolute Gasteiger partial charge is 0.461 e. The van der Waals surface area contributed by atoms with Crippen LogP contribution in [0.5, 0.6) is 0 Å². The molecule has 1 aliphatic carbocycles. The van der Waals surface area contributed by atoms with E-state index in [9.17, 15) is 18.7 Å². The second-order valence-corrected chi connectivity index (χ2v) is 4.89. The molecule has 94 valence electrons. The number of hydrogen-bond acceptors (Lipinski definition) is 3. The van der Waals surface area contributed by atoms with E-state index in [1.165, 1.54) is 6.92 Å². The van der Waals surface area contributed by atoms with E-state index in [-0.39, 0.29) is 13.0 Å². The lowest BCUT2D eigenvalue weighted by atomic mass is 9.73. The number of carbonyl (C=O) groups excluding carboxylic acids is 1. The molecule has 1 N–H and O–H groups in total. The lowest BCUT2D eigenvalue weighted by Crippen LogP contribution is -2.59. The Labute approximate surface area is 93.8 Å². The van der Waals surface area contributed by atoms with Crippen molar-refractivity contribution < 1.29 is 23.4 Å². The maximum atomic E-state index is 13.9. The molecule has 1 atom stereocenters. The number of alkyl halides is 2. The average Bonchev–Trinajstić information content (AvgIpc) is 2.43. The van der Waals surface area contributed by atoms with Crippen LogP contribution in [0.2, 0.25) is 0 Å². The van der Waals surface area contributed by atoms with Crippen LogP contribution in [0.1, 0.15) is 40.0 Å². The SMILES string of the molecule is CCOC(=O)C(F)(F)C1(O)CCCC1(C)C. The molecule has 1 rings (SSSR count). The van der Waals surface area contributed by atoms with Gasteiger partial charge in [0.1, 0.15) is 5.60 Å². The Hall–Kier alpha value is -0.710. The number of rotatable bonds is 3. The van der Waals surface area contributed by atoms with Crippen LogP contribution in [-0.2, 0) is 9.53 Å². The molecular weight excluding hydrogens is 218 g/mol. The molecule has 0 heterocycles. The van der Waals surface area contributed by atoms with Crippen LogP contribution in [0, 0.1) is 5.41 Å². The van der Waals surface area contributed by atoms with Crippen LogP contribution in [-0.4, -0.2) is 29.2 Å². The summed E-state index contributed by atoms with van der Waals surface area (Å²) in [6.45, 7) is 4.43. The molecule has 1 fully saturated rings. The lowest BCUT2D eigenvalue weighted by molar-refractivity contribution is -0.234. The van der Waals surface area contributed by atoms with Crippen molar-refractivity contribution in [1.29, 1.82) is 0 Å². The smallest absolute Gasteiger partial charge is 0.380 e. The van der Waals surface area contributed by atoms with Crippen molar-refractivity contribution in [1.82, 2.24) is 0 Å². The van der Waals surface area contributed by atoms with Crippen LogP contribution >= 0.6 is 0 Å². The molecule has 0 aromatic rings. The van der Waals surface area contributed by atoms with E-state index in [1.807, 2.05) is 0 Å². The van der Waals surface area contributed by atoms with Crippen LogP contribution in [0.15, 0.2) is 0 Å². The molecule has 0 amide bonds. The maximum Gasteiger partial charge on any atom is 0.380 e. The van der Waals surface area contributed by atoms with E-state index in [2.05, 4.69) is 4.74 Å². The van der Waals surface area contributed by atoms with Crippen molar-refractivity contribution in [3.05, 3.63) is 0 Å². The summed E-state index contributed by atoms with van der Waals surface area (Å²) >= 11 is 0. The Morgan fingerprint density at radius 3 is 2.38 bits per heavy atom. The van der Waals surface area contributed by atoms with Gasteiger partial charge in [0, 0.05) is 5.41 Å². The van der Waals surface area contributed by atoms with Crippen molar-refractivity contribution in [3.63, 3.8) is 0 Å². The highest BCUT2D eigenvalue weighted by molar-refractivity contribution is 5.79. The molecule has 0 aromatic carbocycles. The zero-order chi connectivity index (χ0) is 12.6. The van der Waals surface area contributed by atoms with Crippen LogP contribution in [0.4, 0.5) is 8.78 Å². The number of aliphatic hydroxyl groups is 1. The Morgan fingerprint density at radius 2 is 2.00 bits per heavy atom. The van der Waals surface area contributed by atoms with Crippen molar-refractivity contribution in [2.75, 3.05) is 6.61 Å². The molecule has 1 saturated carbocycles. The van der Waals surface area contributed by atoms with Crippen molar-refractivity contribution >= 4 is 5.97 Å². The Balaban J connectivity index is 3.02.